The summed E-state index contributed by atoms with van der Waals surface area (Å²) in [7, 11) is 0. The third kappa shape index (κ3) is 5.41. The van der Waals surface area contributed by atoms with Crippen molar-refractivity contribution >= 4 is 22.9 Å². The third-order valence-corrected chi connectivity index (χ3v) is 5.97. The van der Waals surface area contributed by atoms with Gasteiger partial charge in [-0.05, 0) is 48.5 Å². The quantitative estimate of drug-likeness (QED) is 0.420. The molecule has 0 atom stereocenters. The summed E-state index contributed by atoms with van der Waals surface area (Å²) >= 11 is 0. The molecular weight excluding hydrogens is 452 g/mol. The number of carbonyl (C=O) groups is 1. The van der Waals surface area contributed by atoms with Crippen LogP contribution in [0.15, 0.2) is 79.1 Å². The number of halogens is 2. The first kappa shape index (κ1) is 22.8. The van der Waals surface area contributed by atoms with Crippen molar-refractivity contribution in [1.29, 1.82) is 0 Å². The van der Waals surface area contributed by atoms with Crippen LogP contribution in [0.4, 0.5) is 20.2 Å². The number of rotatable bonds is 7. The molecule has 3 heterocycles. The van der Waals surface area contributed by atoms with Crippen LogP contribution in [0, 0.1) is 0 Å². The lowest BCUT2D eigenvalue weighted by Crippen LogP contribution is -2.48. The molecule has 35 heavy (non-hydrogen) atoms. The van der Waals surface area contributed by atoms with E-state index in [1.54, 1.807) is 18.2 Å². The Morgan fingerprint density at radius 2 is 1.71 bits per heavy atom. The normalized spacial score (nSPS) is 14.4. The zero-order valence-corrected chi connectivity index (χ0v) is 19.0. The summed E-state index contributed by atoms with van der Waals surface area (Å²) in [6.07, 6.45) is 4.03. The van der Waals surface area contributed by atoms with E-state index in [9.17, 15) is 13.6 Å². The molecule has 0 saturated carbocycles. The minimum Gasteiger partial charge on any atom is -0.435 e. The van der Waals surface area contributed by atoms with E-state index in [1.165, 1.54) is 12.1 Å². The molecule has 2 aromatic carbocycles. The van der Waals surface area contributed by atoms with Gasteiger partial charge in [-0.25, -0.2) is 4.98 Å². The fourth-order valence-corrected chi connectivity index (χ4v) is 4.23. The number of fused-ring (bicyclic) bond motifs is 1. The number of para-hydroxylation sites is 1. The molecule has 5 rings (SSSR count). The largest absolute Gasteiger partial charge is 0.435 e. The van der Waals surface area contributed by atoms with Crippen molar-refractivity contribution < 1.29 is 18.3 Å². The Morgan fingerprint density at radius 3 is 2.46 bits per heavy atom. The zero-order valence-electron chi connectivity index (χ0n) is 19.0. The zero-order chi connectivity index (χ0) is 24.2. The number of amides is 1. The summed E-state index contributed by atoms with van der Waals surface area (Å²) in [5.74, 6) is 0.0366. The van der Waals surface area contributed by atoms with Crippen LogP contribution in [-0.2, 0) is 6.54 Å². The highest BCUT2D eigenvalue weighted by atomic mass is 19.3. The second-order valence-electron chi connectivity index (χ2n) is 8.34. The minimum atomic E-state index is -2.87. The molecule has 9 heteroatoms. The molecule has 1 N–H and O–H groups in total. The van der Waals surface area contributed by atoms with Crippen molar-refractivity contribution in [2.24, 2.45) is 0 Å². The molecule has 1 fully saturated rings. The lowest BCUT2D eigenvalue weighted by Gasteiger charge is -2.34. The van der Waals surface area contributed by atoms with Crippen molar-refractivity contribution in [3.05, 3.63) is 90.4 Å². The molecule has 2 aromatic heterocycles. The number of aromatic nitrogens is 2. The van der Waals surface area contributed by atoms with Crippen LogP contribution in [0.3, 0.4) is 0 Å². The van der Waals surface area contributed by atoms with E-state index in [0.717, 1.165) is 31.0 Å². The first-order valence-electron chi connectivity index (χ1n) is 11.4. The van der Waals surface area contributed by atoms with E-state index in [1.807, 2.05) is 58.1 Å². The van der Waals surface area contributed by atoms with Crippen molar-refractivity contribution in [3.63, 3.8) is 0 Å². The summed E-state index contributed by atoms with van der Waals surface area (Å²) in [5.41, 5.74) is 3.83. The summed E-state index contributed by atoms with van der Waals surface area (Å²) in [5, 5.41) is 3.22. The predicted octanol–water partition coefficient (Wildman–Crippen LogP) is 4.64. The Hall–Kier alpha value is -3.98. The minimum absolute atomic E-state index is 0.0434. The number of nitrogens with one attached hydrogen (secondary N) is 1. The van der Waals surface area contributed by atoms with E-state index in [0.29, 0.717) is 30.0 Å². The summed E-state index contributed by atoms with van der Waals surface area (Å²) in [6.45, 7) is 0.655. The lowest BCUT2D eigenvalue weighted by molar-refractivity contribution is -0.0498. The molecule has 0 radical (unpaired) electrons. The first-order chi connectivity index (χ1) is 17.0. The Labute approximate surface area is 201 Å². The van der Waals surface area contributed by atoms with E-state index in [4.69, 9.17) is 0 Å². The van der Waals surface area contributed by atoms with E-state index in [-0.39, 0.29) is 11.7 Å². The van der Waals surface area contributed by atoms with Gasteiger partial charge in [0, 0.05) is 50.8 Å². The van der Waals surface area contributed by atoms with E-state index < -0.39 is 6.61 Å². The highest BCUT2D eigenvalue weighted by Crippen LogP contribution is 2.25. The number of hydrogen-bond acceptors (Lipinski definition) is 5. The van der Waals surface area contributed by atoms with Gasteiger partial charge >= 0.3 is 6.61 Å². The molecule has 1 aliphatic rings. The number of pyridine rings is 1. The molecule has 0 spiro atoms. The Bertz CT molecular complexity index is 1270. The maximum Gasteiger partial charge on any atom is 0.387 e. The van der Waals surface area contributed by atoms with Crippen molar-refractivity contribution in [1.82, 2.24) is 19.2 Å². The van der Waals surface area contributed by atoms with Gasteiger partial charge in [-0.3, -0.25) is 9.69 Å². The van der Waals surface area contributed by atoms with Gasteiger partial charge in [0.2, 0.25) is 0 Å². The van der Waals surface area contributed by atoms with Gasteiger partial charge in [-0.15, -0.1) is 0 Å². The van der Waals surface area contributed by atoms with Crippen molar-refractivity contribution in [2.75, 3.05) is 31.5 Å². The molecule has 0 unspecified atom stereocenters. The average molecular weight is 478 g/mol. The van der Waals surface area contributed by atoms with Crippen LogP contribution in [0.1, 0.15) is 16.1 Å². The Balaban J connectivity index is 1.21. The Morgan fingerprint density at radius 1 is 0.971 bits per heavy atom. The van der Waals surface area contributed by atoms with Crippen molar-refractivity contribution in [3.8, 4) is 5.75 Å². The molecule has 7 nitrogen and oxygen atoms in total. The number of piperazine rings is 1. The molecule has 0 aliphatic carbocycles. The molecule has 1 saturated heterocycles. The van der Waals surface area contributed by atoms with Crippen LogP contribution in [0.5, 0.6) is 5.75 Å². The fraction of sp³-hybridized carbons (Fsp3) is 0.231. The van der Waals surface area contributed by atoms with Gasteiger partial charge in [0.15, 0.2) is 0 Å². The number of alkyl halides is 2. The van der Waals surface area contributed by atoms with Gasteiger partial charge in [0.25, 0.3) is 5.91 Å². The Kier molecular flexibility index (Phi) is 6.58. The smallest absolute Gasteiger partial charge is 0.387 e. The molecule has 1 amide bonds. The number of anilines is 2. The summed E-state index contributed by atoms with van der Waals surface area (Å²) in [4.78, 5) is 22.1. The average Bonchev–Trinajstić information content (AvgIpc) is 3.28. The molecule has 4 aromatic rings. The SMILES string of the molecule is O=C(c1ccccc1Nc1ccc(OC(F)F)cc1)N1CCN(Cc2cn3ccccc3n2)CC1. The second kappa shape index (κ2) is 10.1. The number of imidazole rings is 1. The van der Waals surface area contributed by atoms with Crippen LogP contribution in [0.2, 0.25) is 0 Å². The van der Waals surface area contributed by atoms with Crippen molar-refractivity contribution in [2.45, 2.75) is 13.2 Å². The van der Waals surface area contributed by atoms with Gasteiger partial charge in [0.1, 0.15) is 11.4 Å². The highest BCUT2D eigenvalue weighted by Gasteiger charge is 2.24. The molecule has 0 bridgehead atoms. The maximum absolute atomic E-state index is 13.3. The van der Waals surface area contributed by atoms with E-state index >= 15 is 0 Å². The number of benzene rings is 2. The third-order valence-electron chi connectivity index (χ3n) is 5.97. The van der Waals surface area contributed by atoms with Crippen LogP contribution in [-0.4, -0.2) is 57.9 Å². The number of hydrogen-bond donors (Lipinski definition) is 1. The predicted molar refractivity (Wildman–Crippen MR) is 129 cm³/mol. The van der Waals surface area contributed by atoms with Gasteiger partial charge in [-0.1, -0.05) is 18.2 Å². The molecule has 1 aliphatic heterocycles. The van der Waals surface area contributed by atoms with Gasteiger partial charge in [0.05, 0.1) is 16.9 Å². The van der Waals surface area contributed by atoms with Crippen LogP contribution >= 0.6 is 0 Å². The summed E-state index contributed by atoms with van der Waals surface area (Å²) < 4.78 is 31.2. The highest BCUT2D eigenvalue weighted by molar-refractivity contribution is 6.00. The van der Waals surface area contributed by atoms with Gasteiger partial charge < -0.3 is 19.4 Å². The number of nitrogens with zero attached hydrogens (tertiary/aromatic N) is 4. The van der Waals surface area contributed by atoms with Crippen LogP contribution < -0.4 is 10.1 Å². The summed E-state index contributed by atoms with van der Waals surface area (Å²) in [6, 6.07) is 19.4. The topological polar surface area (TPSA) is 62.1 Å². The lowest BCUT2D eigenvalue weighted by atomic mass is 10.1. The van der Waals surface area contributed by atoms with Crippen LogP contribution in [0.25, 0.3) is 5.65 Å². The molecule has 180 valence electrons. The maximum atomic E-state index is 13.3. The standard InChI is InChI=1S/C26H25F2N5O2/c27-26(28)35-21-10-8-19(9-11-21)29-23-6-2-1-5-22(23)25(34)32-15-13-31(14-16-32)17-20-18-33-12-4-3-7-24(33)30-20/h1-12,18,26,29H,13-17H2. The fourth-order valence-electron chi connectivity index (χ4n) is 4.23. The van der Waals surface area contributed by atoms with E-state index in [2.05, 4.69) is 19.9 Å². The molecular formula is C26H25F2N5O2. The number of ether oxygens (including phenoxy) is 1. The number of carbonyl (C=O) groups excluding carboxylic acids is 1. The monoisotopic (exact) mass is 477 g/mol. The second-order valence-corrected chi connectivity index (χ2v) is 8.34. The first-order valence-corrected chi connectivity index (χ1v) is 11.4. The van der Waals surface area contributed by atoms with Gasteiger partial charge in [-0.2, -0.15) is 8.78 Å².